The van der Waals surface area contributed by atoms with Crippen LogP contribution < -0.4 is 11.1 Å². The van der Waals surface area contributed by atoms with Crippen molar-refractivity contribution in [2.75, 3.05) is 13.7 Å². The minimum atomic E-state index is -0.526. The highest BCUT2D eigenvalue weighted by Gasteiger charge is 2.22. The molecule has 5 nitrogen and oxygen atoms in total. The summed E-state index contributed by atoms with van der Waals surface area (Å²) in [5.41, 5.74) is 7.95. The maximum Gasteiger partial charge on any atom is 0.310 e. The second kappa shape index (κ2) is 11.0. The summed E-state index contributed by atoms with van der Waals surface area (Å²) >= 11 is 0. The summed E-state index contributed by atoms with van der Waals surface area (Å²) < 4.78 is 4.83. The summed E-state index contributed by atoms with van der Waals surface area (Å²) in [7, 11) is 1.36. The molecule has 0 aromatic heterocycles. The highest BCUT2D eigenvalue weighted by atomic mass is 35.5. The van der Waals surface area contributed by atoms with Crippen LogP contribution in [0.2, 0.25) is 0 Å². The lowest BCUT2D eigenvalue weighted by Crippen LogP contribution is -2.43. The number of esters is 1. The fourth-order valence-corrected chi connectivity index (χ4v) is 2.33. The van der Waals surface area contributed by atoms with E-state index in [2.05, 4.69) is 5.32 Å². The molecule has 2 unspecified atom stereocenters. The Kier molecular flexibility index (Phi) is 10.3. The van der Waals surface area contributed by atoms with Gasteiger partial charge in [-0.1, -0.05) is 43.2 Å². The number of hydrogen-bond donors (Lipinski definition) is 2. The smallest absolute Gasteiger partial charge is 0.310 e. The molecule has 0 bridgehead atoms. The first-order chi connectivity index (χ1) is 10.5. The molecule has 6 heteroatoms. The number of methoxy groups -OCH3 is 1. The lowest BCUT2D eigenvalue weighted by molar-refractivity contribution is -0.145. The van der Waals surface area contributed by atoms with E-state index in [1.807, 2.05) is 38.1 Å². The number of ether oxygens (including phenoxy) is 1. The molecular formula is C17H27ClN2O3. The van der Waals surface area contributed by atoms with Gasteiger partial charge in [0.25, 0.3) is 0 Å². The molecule has 2 atom stereocenters. The first-order valence-corrected chi connectivity index (χ1v) is 7.64. The molecule has 0 heterocycles. The van der Waals surface area contributed by atoms with Crippen molar-refractivity contribution in [3.63, 3.8) is 0 Å². The van der Waals surface area contributed by atoms with Gasteiger partial charge in [-0.3, -0.25) is 9.59 Å². The van der Waals surface area contributed by atoms with E-state index in [1.54, 1.807) is 0 Å². The number of aryl methyl sites for hydroxylation is 1. The highest BCUT2D eigenvalue weighted by Crippen LogP contribution is 2.12. The van der Waals surface area contributed by atoms with Crippen molar-refractivity contribution < 1.29 is 14.3 Å². The Morgan fingerprint density at radius 3 is 2.61 bits per heavy atom. The summed E-state index contributed by atoms with van der Waals surface area (Å²) in [5, 5.41) is 2.75. The maximum absolute atomic E-state index is 11.9. The molecule has 23 heavy (non-hydrogen) atoms. The first-order valence-electron chi connectivity index (χ1n) is 7.64. The van der Waals surface area contributed by atoms with E-state index in [9.17, 15) is 9.59 Å². The number of hydrogen-bond acceptors (Lipinski definition) is 4. The van der Waals surface area contributed by atoms with Gasteiger partial charge in [-0.2, -0.15) is 0 Å². The van der Waals surface area contributed by atoms with Gasteiger partial charge in [-0.25, -0.2) is 0 Å². The number of nitrogens with one attached hydrogen (secondary N) is 1. The largest absolute Gasteiger partial charge is 0.469 e. The Hall–Kier alpha value is -1.59. The zero-order valence-electron chi connectivity index (χ0n) is 14.0. The number of benzene rings is 1. The third kappa shape index (κ3) is 7.48. The minimum absolute atomic E-state index is 0. The standard InChI is InChI=1S/C17H26N2O3.ClH/c1-4-6-15(18)16(20)19-11-14(17(21)22-3)10-13-8-5-7-12(2)9-13;/h5,7-9,14-15H,4,6,10-11,18H2,1-3H3,(H,19,20);1H. The molecular weight excluding hydrogens is 316 g/mol. The van der Waals surface area contributed by atoms with Crippen molar-refractivity contribution in [1.29, 1.82) is 0 Å². The molecule has 1 aromatic rings. The third-order valence-corrected chi connectivity index (χ3v) is 3.56. The third-order valence-electron chi connectivity index (χ3n) is 3.56. The van der Waals surface area contributed by atoms with Crippen molar-refractivity contribution in [2.24, 2.45) is 11.7 Å². The summed E-state index contributed by atoms with van der Waals surface area (Å²) in [5.74, 6) is -0.963. The number of carbonyl (C=O) groups excluding carboxylic acids is 2. The van der Waals surface area contributed by atoms with Gasteiger partial charge in [0, 0.05) is 6.54 Å². The number of halogens is 1. The van der Waals surface area contributed by atoms with E-state index in [0.29, 0.717) is 12.8 Å². The molecule has 1 aromatic carbocycles. The molecule has 0 saturated carbocycles. The quantitative estimate of drug-likeness (QED) is 0.708. The SMILES string of the molecule is CCCC(N)C(=O)NCC(Cc1cccc(C)c1)C(=O)OC.Cl. The van der Waals surface area contributed by atoms with Crippen LogP contribution in [0.15, 0.2) is 24.3 Å². The van der Waals surface area contributed by atoms with Crippen LogP contribution in [0, 0.1) is 12.8 Å². The lowest BCUT2D eigenvalue weighted by atomic mass is 9.98. The summed E-state index contributed by atoms with van der Waals surface area (Å²) in [4.78, 5) is 23.8. The lowest BCUT2D eigenvalue weighted by Gasteiger charge is -2.17. The van der Waals surface area contributed by atoms with Gasteiger partial charge >= 0.3 is 5.97 Å². The fourth-order valence-electron chi connectivity index (χ4n) is 2.33. The van der Waals surface area contributed by atoms with E-state index in [0.717, 1.165) is 17.5 Å². The molecule has 0 aliphatic rings. The van der Waals surface area contributed by atoms with Crippen LogP contribution in [0.1, 0.15) is 30.9 Å². The number of amides is 1. The summed E-state index contributed by atoms with van der Waals surface area (Å²) in [6.07, 6.45) is 2.00. The fraction of sp³-hybridized carbons (Fsp3) is 0.529. The monoisotopic (exact) mass is 342 g/mol. The van der Waals surface area contributed by atoms with Crippen LogP contribution in [0.25, 0.3) is 0 Å². The van der Waals surface area contributed by atoms with E-state index >= 15 is 0 Å². The summed E-state index contributed by atoms with van der Waals surface area (Å²) in [6, 6.07) is 7.42. The second-order valence-corrected chi connectivity index (χ2v) is 5.55. The number of carbonyl (C=O) groups is 2. The van der Waals surface area contributed by atoms with E-state index in [4.69, 9.17) is 10.5 Å². The molecule has 3 N–H and O–H groups in total. The van der Waals surface area contributed by atoms with Crippen LogP contribution in [0.4, 0.5) is 0 Å². The molecule has 0 fully saturated rings. The zero-order chi connectivity index (χ0) is 16.5. The Morgan fingerprint density at radius 2 is 2.04 bits per heavy atom. The molecule has 0 aliphatic heterocycles. The summed E-state index contributed by atoms with van der Waals surface area (Å²) in [6.45, 7) is 4.21. The average Bonchev–Trinajstić information content (AvgIpc) is 2.50. The molecule has 130 valence electrons. The Bertz CT molecular complexity index is 508. The van der Waals surface area contributed by atoms with Crippen LogP contribution in [0.3, 0.4) is 0 Å². The number of nitrogens with two attached hydrogens (primary N) is 1. The van der Waals surface area contributed by atoms with Crippen LogP contribution in [0.5, 0.6) is 0 Å². The first kappa shape index (κ1) is 21.4. The molecule has 1 rings (SSSR count). The van der Waals surface area contributed by atoms with Gasteiger partial charge in [0.15, 0.2) is 0 Å². The van der Waals surface area contributed by atoms with E-state index < -0.39 is 12.0 Å². The Balaban J connectivity index is 0.00000484. The highest BCUT2D eigenvalue weighted by molar-refractivity contribution is 5.85. The zero-order valence-corrected chi connectivity index (χ0v) is 14.8. The Labute approximate surface area is 144 Å². The maximum atomic E-state index is 11.9. The average molecular weight is 343 g/mol. The molecule has 0 spiro atoms. The van der Waals surface area contributed by atoms with Gasteiger partial charge in [-0.15, -0.1) is 12.4 Å². The predicted octanol–water partition coefficient (Wildman–Crippen LogP) is 1.99. The van der Waals surface area contributed by atoms with E-state index in [-0.39, 0.29) is 30.8 Å². The normalized spacial score (nSPS) is 12.7. The van der Waals surface area contributed by atoms with Gasteiger partial charge in [0.2, 0.25) is 5.91 Å². The Morgan fingerprint density at radius 1 is 1.35 bits per heavy atom. The van der Waals surface area contributed by atoms with Crippen LogP contribution >= 0.6 is 12.4 Å². The van der Waals surface area contributed by atoms with Crippen molar-refractivity contribution in [3.8, 4) is 0 Å². The molecule has 0 saturated heterocycles. The van der Waals surface area contributed by atoms with Gasteiger partial charge in [-0.05, 0) is 25.3 Å². The van der Waals surface area contributed by atoms with Crippen molar-refractivity contribution >= 4 is 24.3 Å². The second-order valence-electron chi connectivity index (χ2n) is 5.55. The molecule has 1 amide bonds. The molecule has 0 aliphatic carbocycles. The minimum Gasteiger partial charge on any atom is -0.469 e. The van der Waals surface area contributed by atoms with Gasteiger partial charge in [0.05, 0.1) is 19.1 Å². The molecule has 0 radical (unpaired) electrons. The van der Waals surface area contributed by atoms with Gasteiger partial charge < -0.3 is 15.8 Å². The predicted molar refractivity (Wildman–Crippen MR) is 93.5 cm³/mol. The topological polar surface area (TPSA) is 81.4 Å². The van der Waals surface area contributed by atoms with Gasteiger partial charge in [0.1, 0.15) is 0 Å². The van der Waals surface area contributed by atoms with E-state index in [1.165, 1.54) is 7.11 Å². The number of rotatable bonds is 8. The van der Waals surface area contributed by atoms with Crippen LogP contribution in [-0.2, 0) is 20.7 Å². The van der Waals surface area contributed by atoms with Crippen molar-refractivity contribution in [3.05, 3.63) is 35.4 Å². The van der Waals surface area contributed by atoms with Crippen LogP contribution in [-0.4, -0.2) is 31.6 Å². The van der Waals surface area contributed by atoms with Crippen molar-refractivity contribution in [1.82, 2.24) is 5.32 Å². The van der Waals surface area contributed by atoms with Crippen molar-refractivity contribution in [2.45, 2.75) is 39.2 Å².